The molecule has 10 atom stereocenters. The number of rotatable bonds is 14. The monoisotopic (exact) mass is 880 g/mol. The smallest absolute Gasteiger partial charge is 0.229 e. The lowest BCUT2D eigenvalue weighted by atomic mass is 9.72. The molecule has 0 N–H and O–H groups in total. The molecule has 7 aromatic rings. The first-order valence-corrected chi connectivity index (χ1v) is 24.2. The Morgan fingerprint density at radius 2 is 1.05 bits per heavy atom. The number of aromatic nitrogens is 4. The van der Waals surface area contributed by atoms with Crippen LogP contribution < -0.4 is 18.9 Å². The summed E-state index contributed by atoms with van der Waals surface area (Å²) >= 11 is 0. The Balaban J connectivity index is 1.13. The van der Waals surface area contributed by atoms with Gasteiger partial charge < -0.3 is 18.9 Å². The van der Waals surface area contributed by atoms with E-state index in [0.29, 0.717) is 41.3 Å². The van der Waals surface area contributed by atoms with Crippen LogP contribution in [0, 0.1) is 23.7 Å². The maximum atomic E-state index is 7.76. The Morgan fingerprint density at radius 1 is 0.576 bits per heavy atom. The summed E-state index contributed by atoms with van der Waals surface area (Å²) in [7, 11) is 3.44. The SMILES string of the molecule is CC[C@@H]1CN2CCC1C[C@H]2[C@H](Oc1nc(-c2ccccc2)nc(O[C@H](c2ccnc3ccc(OC)cc23)[C@@H]2CC3CCN2C[C@H]3CC)c1-c1ccccc1)c1ccnc2ccc(OC)cc12. The molecule has 4 bridgehead atoms. The highest BCUT2D eigenvalue weighted by molar-refractivity contribution is 5.85. The molecule has 0 amide bonds. The predicted octanol–water partition coefficient (Wildman–Crippen LogP) is 11.4. The van der Waals surface area contributed by atoms with Gasteiger partial charge in [-0.3, -0.25) is 19.8 Å². The Morgan fingerprint density at radius 3 is 1.47 bits per heavy atom. The summed E-state index contributed by atoms with van der Waals surface area (Å²) in [6.07, 6.45) is 9.90. The summed E-state index contributed by atoms with van der Waals surface area (Å²) < 4.78 is 27.2. The van der Waals surface area contributed by atoms with Gasteiger partial charge in [-0.15, -0.1) is 0 Å². The van der Waals surface area contributed by atoms with E-state index in [2.05, 4.69) is 90.4 Å². The number of pyridine rings is 2. The van der Waals surface area contributed by atoms with Crippen molar-refractivity contribution in [2.24, 2.45) is 23.7 Å². The quantitative estimate of drug-likeness (QED) is 0.105. The fraction of sp³-hybridized carbons (Fsp3) is 0.393. The molecular weight excluding hydrogens is 821 g/mol. The predicted molar refractivity (Wildman–Crippen MR) is 260 cm³/mol. The van der Waals surface area contributed by atoms with Crippen LogP contribution in [0.25, 0.3) is 44.3 Å². The normalized spacial score (nSPS) is 25.4. The molecule has 3 aromatic heterocycles. The van der Waals surface area contributed by atoms with Crippen molar-refractivity contribution in [3.63, 3.8) is 0 Å². The molecule has 66 heavy (non-hydrogen) atoms. The number of hydrogen-bond acceptors (Lipinski definition) is 10. The number of hydrogen-bond donors (Lipinski definition) is 0. The van der Waals surface area contributed by atoms with Gasteiger partial charge in [-0.25, -0.2) is 0 Å². The maximum absolute atomic E-state index is 7.76. The van der Waals surface area contributed by atoms with Gasteiger partial charge in [0.15, 0.2) is 5.82 Å². The van der Waals surface area contributed by atoms with Gasteiger partial charge in [0.1, 0.15) is 29.3 Å². The van der Waals surface area contributed by atoms with Crippen LogP contribution in [0.4, 0.5) is 0 Å². The second-order valence-corrected chi connectivity index (χ2v) is 18.9. The van der Waals surface area contributed by atoms with Crippen LogP contribution in [0.3, 0.4) is 0 Å². The van der Waals surface area contributed by atoms with Crippen LogP contribution in [-0.2, 0) is 0 Å². The second kappa shape index (κ2) is 18.3. The van der Waals surface area contributed by atoms with Gasteiger partial charge in [-0.05, 0) is 117 Å². The van der Waals surface area contributed by atoms with E-state index < -0.39 is 12.2 Å². The van der Waals surface area contributed by atoms with E-state index in [1.165, 1.54) is 25.7 Å². The molecule has 0 saturated carbocycles. The molecule has 6 fully saturated rings. The number of nitrogens with zero attached hydrogens (tertiary/aromatic N) is 6. The molecule has 10 heteroatoms. The van der Waals surface area contributed by atoms with Crippen LogP contribution in [-0.4, -0.2) is 82.2 Å². The van der Waals surface area contributed by atoms with Crippen molar-refractivity contribution < 1.29 is 18.9 Å². The van der Waals surface area contributed by atoms with Crippen molar-refractivity contribution in [1.82, 2.24) is 29.7 Å². The Kier molecular flexibility index (Phi) is 11.8. The van der Waals surface area contributed by atoms with Crippen LogP contribution >= 0.6 is 0 Å². The number of benzene rings is 4. The van der Waals surface area contributed by atoms with E-state index in [-0.39, 0.29) is 12.1 Å². The molecule has 13 rings (SSSR count). The molecule has 9 heterocycles. The maximum Gasteiger partial charge on any atom is 0.229 e. The van der Waals surface area contributed by atoms with Crippen molar-refractivity contribution in [2.45, 2.75) is 76.7 Å². The first-order chi connectivity index (χ1) is 32.5. The average Bonchev–Trinajstić information content (AvgIpc) is 3.39. The van der Waals surface area contributed by atoms with E-state index in [0.717, 1.165) is 100 Å². The van der Waals surface area contributed by atoms with E-state index in [1.54, 1.807) is 14.2 Å². The molecule has 4 aromatic carbocycles. The van der Waals surface area contributed by atoms with Gasteiger partial charge in [0.2, 0.25) is 11.8 Å². The molecule has 4 unspecified atom stereocenters. The molecule has 338 valence electrons. The van der Waals surface area contributed by atoms with Gasteiger partial charge >= 0.3 is 0 Å². The molecule has 6 saturated heterocycles. The highest BCUT2D eigenvalue weighted by atomic mass is 16.5. The first kappa shape index (κ1) is 42.5. The Labute approximate surface area is 388 Å². The van der Waals surface area contributed by atoms with E-state index in [1.807, 2.05) is 54.9 Å². The number of methoxy groups -OCH3 is 2. The first-order valence-electron chi connectivity index (χ1n) is 24.2. The lowest BCUT2D eigenvalue weighted by molar-refractivity contribution is -0.0510. The number of piperidine rings is 6. The Bertz CT molecular complexity index is 2680. The zero-order valence-electron chi connectivity index (χ0n) is 38.6. The van der Waals surface area contributed by atoms with Gasteiger partial charge in [0.05, 0.1) is 37.3 Å². The second-order valence-electron chi connectivity index (χ2n) is 18.9. The van der Waals surface area contributed by atoms with Crippen molar-refractivity contribution in [2.75, 3.05) is 40.4 Å². The average molecular weight is 881 g/mol. The van der Waals surface area contributed by atoms with Gasteiger partial charge in [0.25, 0.3) is 0 Å². The van der Waals surface area contributed by atoms with E-state index in [9.17, 15) is 0 Å². The van der Waals surface area contributed by atoms with E-state index >= 15 is 0 Å². The lowest BCUT2D eigenvalue weighted by Gasteiger charge is -2.52. The summed E-state index contributed by atoms with van der Waals surface area (Å²) in [5, 5.41) is 2.02. The summed E-state index contributed by atoms with van der Waals surface area (Å²) in [6.45, 7) is 8.88. The zero-order chi connectivity index (χ0) is 44.7. The van der Waals surface area contributed by atoms with Crippen molar-refractivity contribution in [1.29, 1.82) is 0 Å². The largest absolute Gasteiger partial charge is 0.497 e. The zero-order valence-corrected chi connectivity index (χ0v) is 38.6. The van der Waals surface area contributed by atoms with Crippen molar-refractivity contribution in [3.8, 4) is 45.8 Å². The van der Waals surface area contributed by atoms with Gasteiger partial charge in [0, 0.05) is 52.9 Å². The van der Waals surface area contributed by atoms with E-state index in [4.69, 9.17) is 38.9 Å². The third-order valence-corrected chi connectivity index (χ3v) is 15.6. The lowest BCUT2D eigenvalue weighted by Crippen LogP contribution is -2.56. The van der Waals surface area contributed by atoms with Gasteiger partial charge in [-0.1, -0.05) is 87.4 Å². The highest BCUT2D eigenvalue weighted by Gasteiger charge is 2.47. The molecule has 0 aliphatic carbocycles. The Hall–Kier alpha value is -6.10. The van der Waals surface area contributed by atoms with Crippen LogP contribution in [0.15, 0.2) is 122 Å². The summed E-state index contributed by atoms with van der Waals surface area (Å²) in [6, 6.07) is 37.4. The minimum atomic E-state index is -0.393. The highest BCUT2D eigenvalue weighted by Crippen LogP contribution is 2.50. The summed E-state index contributed by atoms with van der Waals surface area (Å²) in [4.78, 5) is 26.0. The molecule has 0 radical (unpaired) electrons. The molecular formula is C56H60N6O4. The van der Waals surface area contributed by atoms with Crippen molar-refractivity contribution >= 4 is 21.8 Å². The summed E-state index contributed by atoms with van der Waals surface area (Å²) in [5.74, 6) is 5.70. The fourth-order valence-electron chi connectivity index (χ4n) is 12.1. The van der Waals surface area contributed by atoms with Crippen LogP contribution in [0.5, 0.6) is 23.3 Å². The molecule has 6 aliphatic heterocycles. The molecule has 10 nitrogen and oxygen atoms in total. The molecule has 6 aliphatic rings. The van der Waals surface area contributed by atoms with Crippen LogP contribution in [0.2, 0.25) is 0 Å². The minimum absolute atomic E-state index is 0.106. The third-order valence-electron chi connectivity index (χ3n) is 15.6. The number of ether oxygens (including phenoxy) is 4. The molecule has 0 spiro atoms. The van der Waals surface area contributed by atoms with Crippen molar-refractivity contribution in [3.05, 3.63) is 133 Å². The number of fused-ring (bicyclic) bond motifs is 8. The van der Waals surface area contributed by atoms with Gasteiger partial charge in [-0.2, -0.15) is 9.97 Å². The minimum Gasteiger partial charge on any atom is -0.497 e. The fourth-order valence-corrected chi connectivity index (χ4v) is 12.1. The third kappa shape index (κ3) is 7.91. The summed E-state index contributed by atoms with van der Waals surface area (Å²) in [5.41, 5.74) is 6.48. The standard InChI is InChI=1S/C56H60N6O4/c1-5-35-33-61-27-23-39(35)29-49(61)52(43-21-25-57-47-19-17-41(63-3)31-45(43)47)65-55-51(37-13-9-7-10-14-37)56(60-54(59-55)38-15-11-8-12-16-38)66-53(50-30-40-24-28-62(50)34-36(40)6-2)44-22-26-58-48-20-18-42(64-4)32-46(44)48/h7-22,25-26,31-32,35-36,39-40,49-50,52-53H,5-6,23-24,27-30,33-34H2,1-4H3/t35-,36-,39?,40?,49+,50+,52-,53-/m1/s1. The van der Waals surface area contributed by atoms with Crippen LogP contribution in [0.1, 0.15) is 75.7 Å². The topological polar surface area (TPSA) is 95.0 Å².